The molecular formula is C18H15ClN2O4S. The number of anilines is 1. The number of nitrogens with zero attached hydrogens (tertiary/aromatic N) is 2. The van der Waals surface area contributed by atoms with Crippen molar-refractivity contribution < 1.29 is 17.9 Å². The lowest BCUT2D eigenvalue weighted by Gasteiger charge is -2.20. The fourth-order valence-corrected chi connectivity index (χ4v) is 4.77. The molecule has 0 saturated carbocycles. The molecule has 1 unspecified atom stereocenters. The van der Waals surface area contributed by atoms with Crippen LogP contribution in [0.2, 0.25) is 5.02 Å². The van der Waals surface area contributed by atoms with E-state index in [9.17, 15) is 13.2 Å². The topological polar surface area (TPSA) is 87.5 Å². The Balaban J connectivity index is 2.00. The van der Waals surface area contributed by atoms with Crippen molar-refractivity contribution in [2.24, 2.45) is 0 Å². The fourth-order valence-electron chi connectivity index (χ4n) is 2.76. The number of benzene rings is 2. The average molecular weight is 391 g/mol. The number of rotatable bonds is 4. The standard InChI is InChI=1S/C18H15ClN2O4S/c1-12(11-20)25-18(22)14-6-7-15(19)17(10-14)26(23,24)21-9-8-13-4-2-3-5-16(13)21/h2-7,10,12H,8-9H2,1H3. The van der Waals surface area contributed by atoms with Crippen molar-refractivity contribution in [3.05, 3.63) is 58.6 Å². The molecule has 8 heteroatoms. The summed E-state index contributed by atoms with van der Waals surface area (Å²) in [5.41, 5.74) is 1.56. The summed E-state index contributed by atoms with van der Waals surface area (Å²) in [6, 6.07) is 12.9. The van der Waals surface area contributed by atoms with Gasteiger partial charge in [-0.05, 0) is 43.2 Å². The van der Waals surface area contributed by atoms with Gasteiger partial charge in [0.05, 0.1) is 16.3 Å². The zero-order valence-corrected chi connectivity index (χ0v) is 15.4. The maximum absolute atomic E-state index is 13.1. The smallest absolute Gasteiger partial charge is 0.339 e. The first-order valence-electron chi connectivity index (χ1n) is 7.85. The van der Waals surface area contributed by atoms with Crippen molar-refractivity contribution in [3.63, 3.8) is 0 Å². The number of fused-ring (bicyclic) bond motifs is 1. The predicted octanol–water partition coefficient (Wildman–Crippen LogP) is 3.16. The second-order valence-electron chi connectivity index (χ2n) is 5.78. The van der Waals surface area contributed by atoms with Gasteiger partial charge in [-0.15, -0.1) is 0 Å². The van der Waals surface area contributed by atoms with Gasteiger partial charge in [-0.3, -0.25) is 4.31 Å². The van der Waals surface area contributed by atoms with Crippen LogP contribution in [0.25, 0.3) is 0 Å². The molecule has 1 heterocycles. The second kappa shape index (κ2) is 6.98. The van der Waals surface area contributed by atoms with E-state index in [0.717, 1.165) is 5.56 Å². The van der Waals surface area contributed by atoms with E-state index in [1.54, 1.807) is 18.2 Å². The minimum atomic E-state index is -3.94. The van der Waals surface area contributed by atoms with Crippen LogP contribution < -0.4 is 4.31 Å². The number of para-hydroxylation sites is 1. The normalized spacial score (nSPS) is 14.4. The number of halogens is 1. The lowest BCUT2D eigenvalue weighted by atomic mass is 10.2. The molecule has 1 atom stereocenters. The van der Waals surface area contributed by atoms with Crippen LogP contribution in [0.15, 0.2) is 47.4 Å². The quantitative estimate of drug-likeness (QED) is 0.748. The highest BCUT2D eigenvalue weighted by Gasteiger charge is 2.32. The summed E-state index contributed by atoms with van der Waals surface area (Å²) in [7, 11) is -3.94. The van der Waals surface area contributed by atoms with Crippen molar-refractivity contribution >= 4 is 33.3 Å². The Morgan fingerprint density at radius 1 is 1.31 bits per heavy atom. The highest BCUT2D eigenvalue weighted by Crippen LogP contribution is 2.35. The number of nitriles is 1. The molecule has 1 aliphatic heterocycles. The average Bonchev–Trinajstić information content (AvgIpc) is 3.06. The van der Waals surface area contributed by atoms with Gasteiger partial charge in [-0.25, -0.2) is 13.2 Å². The second-order valence-corrected chi connectivity index (χ2v) is 8.02. The van der Waals surface area contributed by atoms with Gasteiger partial charge in [-0.1, -0.05) is 29.8 Å². The molecule has 3 rings (SSSR count). The third kappa shape index (κ3) is 3.26. The molecule has 134 valence electrons. The van der Waals surface area contributed by atoms with Crippen LogP contribution in [0.5, 0.6) is 0 Å². The van der Waals surface area contributed by atoms with Gasteiger partial charge in [-0.2, -0.15) is 5.26 Å². The van der Waals surface area contributed by atoms with E-state index in [-0.39, 0.29) is 15.5 Å². The van der Waals surface area contributed by atoms with Crippen molar-refractivity contribution in [1.29, 1.82) is 5.26 Å². The first-order chi connectivity index (χ1) is 12.3. The number of carbonyl (C=O) groups excluding carboxylic acids is 1. The van der Waals surface area contributed by atoms with E-state index in [0.29, 0.717) is 18.7 Å². The number of carbonyl (C=O) groups is 1. The minimum Gasteiger partial charge on any atom is -0.444 e. The van der Waals surface area contributed by atoms with E-state index in [1.165, 1.54) is 29.4 Å². The Kier molecular flexibility index (Phi) is 4.90. The first-order valence-corrected chi connectivity index (χ1v) is 9.67. The lowest BCUT2D eigenvalue weighted by Crippen LogP contribution is -2.29. The summed E-state index contributed by atoms with van der Waals surface area (Å²) in [6.07, 6.45) is -0.335. The number of hydrogen-bond acceptors (Lipinski definition) is 5. The molecule has 26 heavy (non-hydrogen) atoms. The Morgan fingerprint density at radius 2 is 2.04 bits per heavy atom. The lowest BCUT2D eigenvalue weighted by molar-refractivity contribution is 0.0435. The summed E-state index contributed by atoms with van der Waals surface area (Å²) in [4.78, 5) is 11.9. The van der Waals surface area contributed by atoms with Gasteiger partial charge in [0.25, 0.3) is 10.0 Å². The molecule has 2 aromatic carbocycles. The number of esters is 1. The number of sulfonamides is 1. The Labute approximate surface area is 156 Å². The van der Waals surface area contributed by atoms with E-state index < -0.39 is 22.1 Å². The van der Waals surface area contributed by atoms with Gasteiger partial charge in [0.2, 0.25) is 0 Å². The van der Waals surface area contributed by atoms with Gasteiger partial charge in [0.15, 0.2) is 6.10 Å². The Hall–Kier alpha value is -2.56. The first kappa shape index (κ1) is 18.2. The molecule has 0 aliphatic carbocycles. The van der Waals surface area contributed by atoms with Crippen molar-refractivity contribution in [2.45, 2.75) is 24.3 Å². The molecule has 0 N–H and O–H groups in total. The van der Waals surface area contributed by atoms with Crippen molar-refractivity contribution in [1.82, 2.24) is 0 Å². The van der Waals surface area contributed by atoms with Crippen LogP contribution in [0, 0.1) is 11.3 Å². The van der Waals surface area contributed by atoms with Gasteiger partial charge in [0, 0.05) is 6.54 Å². The monoisotopic (exact) mass is 390 g/mol. The molecule has 1 aliphatic rings. The number of hydrogen-bond donors (Lipinski definition) is 0. The van der Waals surface area contributed by atoms with Gasteiger partial charge >= 0.3 is 5.97 Å². The van der Waals surface area contributed by atoms with Crippen LogP contribution >= 0.6 is 11.6 Å². The summed E-state index contributed by atoms with van der Waals surface area (Å²) in [5, 5.41) is 8.76. The summed E-state index contributed by atoms with van der Waals surface area (Å²) < 4.78 is 32.4. The summed E-state index contributed by atoms with van der Waals surface area (Å²) >= 11 is 6.11. The van der Waals surface area contributed by atoms with E-state index in [4.69, 9.17) is 21.6 Å². The van der Waals surface area contributed by atoms with Crippen molar-refractivity contribution in [2.75, 3.05) is 10.8 Å². The van der Waals surface area contributed by atoms with Crippen LogP contribution in [0.3, 0.4) is 0 Å². The molecule has 0 fully saturated rings. The molecule has 2 aromatic rings. The summed E-state index contributed by atoms with van der Waals surface area (Å²) in [5.74, 6) is -0.783. The minimum absolute atomic E-state index is 0.0132. The number of ether oxygens (including phenoxy) is 1. The van der Waals surface area contributed by atoms with E-state index in [2.05, 4.69) is 0 Å². The summed E-state index contributed by atoms with van der Waals surface area (Å²) in [6.45, 7) is 1.73. The molecular weight excluding hydrogens is 376 g/mol. The highest BCUT2D eigenvalue weighted by molar-refractivity contribution is 7.93. The maximum atomic E-state index is 13.1. The van der Waals surface area contributed by atoms with Crippen molar-refractivity contribution in [3.8, 4) is 6.07 Å². The molecule has 0 aromatic heterocycles. The zero-order chi connectivity index (χ0) is 18.9. The Bertz CT molecular complexity index is 1010. The van der Waals surface area contributed by atoms with Crippen LogP contribution in [-0.4, -0.2) is 27.0 Å². The van der Waals surface area contributed by atoms with E-state index in [1.807, 2.05) is 12.1 Å². The zero-order valence-electron chi connectivity index (χ0n) is 13.8. The molecule has 0 saturated heterocycles. The highest BCUT2D eigenvalue weighted by atomic mass is 35.5. The van der Waals surface area contributed by atoms with Gasteiger partial charge in [0.1, 0.15) is 11.0 Å². The molecule has 0 amide bonds. The largest absolute Gasteiger partial charge is 0.444 e. The van der Waals surface area contributed by atoms with Crippen LogP contribution in [-0.2, 0) is 21.2 Å². The van der Waals surface area contributed by atoms with E-state index >= 15 is 0 Å². The predicted molar refractivity (Wildman–Crippen MR) is 96.6 cm³/mol. The van der Waals surface area contributed by atoms with Gasteiger partial charge < -0.3 is 4.74 Å². The molecule has 0 bridgehead atoms. The third-order valence-electron chi connectivity index (χ3n) is 4.05. The molecule has 0 spiro atoms. The molecule has 0 radical (unpaired) electrons. The SMILES string of the molecule is CC(C#N)OC(=O)c1ccc(Cl)c(S(=O)(=O)N2CCc3ccccc32)c1. The molecule has 6 nitrogen and oxygen atoms in total. The Morgan fingerprint density at radius 3 is 2.77 bits per heavy atom. The maximum Gasteiger partial charge on any atom is 0.339 e. The fraction of sp³-hybridized carbons (Fsp3) is 0.222. The third-order valence-corrected chi connectivity index (χ3v) is 6.34. The van der Waals surface area contributed by atoms with Crippen LogP contribution in [0.1, 0.15) is 22.8 Å². The van der Waals surface area contributed by atoms with Crippen LogP contribution in [0.4, 0.5) is 5.69 Å².